The van der Waals surface area contributed by atoms with Crippen LogP contribution in [0.1, 0.15) is 5.56 Å². The molecule has 0 aliphatic heterocycles. The number of hydrogen-bond donors (Lipinski definition) is 2. The molecule has 2 aromatic rings. The molecule has 96 valence electrons. The van der Waals surface area contributed by atoms with Crippen LogP contribution in [-0.2, 0) is 11.3 Å². The Balaban J connectivity index is 2.00. The fourth-order valence-electron chi connectivity index (χ4n) is 1.31. The van der Waals surface area contributed by atoms with Crippen LogP contribution in [0.25, 0.3) is 0 Å². The van der Waals surface area contributed by atoms with Crippen molar-refractivity contribution in [1.82, 2.24) is 25.2 Å². The Bertz CT molecular complexity index is 611. The minimum atomic E-state index is -0.274. The number of tetrazole rings is 1. The Morgan fingerprint density at radius 2 is 2.42 bits per heavy atom. The smallest absolute Gasteiger partial charge is 0.247 e. The summed E-state index contributed by atoms with van der Waals surface area (Å²) < 4.78 is 1.31. The number of amides is 1. The van der Waals surface area contributed by atoms with E-state index < -0.39 is 0 Å². The molecular weight excluding hydrogens is 246 g/mol. The van der Waals surface area contributed by atoms with E-state index in [0.717, 1.165) is 5.56 Å². The van der Waals surface area contributed by atoms with E-state index in [1.807, 2.05) is 0 Å². The van der Waals surface area contributed by atoms with E-state index in [-0.39, 0.29) is 19.0 Å². The van der Waals surface area contributed by atoms with E-state index in [1.165, 1.54) is 11.0 Å². The van der Waals surface area contributed by atoms with E-state index >= 15 is 0 Å². The number of hydrogen-bond acceptors (Lipinski definition) is 6. The number of rotatable bonds is 3. The lowest BCUT2D eigenvalue weighted by Crippen LogP contribution is -2.19. The van der Waals surface area contributed by atoms with Gasteiger partial charge >= 0.3 is 0 Å². The molecule has 0 atom stereocenters. The van der Waals surface area contributed by atoms with Crippen molar-refractivity contribution in [2.75, 3.05) is 11.9 Å². The van der Waals surface area contributed by atoms with Crippen LogP contribution in [0.4, 0.5) is 5.82 Å². The minimum Gasteiger partial charge on any atom is -0.320 e. The molecule has 0 saturated carbocycles. The SMILES string of the molecule is NCC#Cc1ccnc(NC(=O)Cn2cnnn2)c1. The van der Waals surface area contributed by atoms with Crippen LogP contribution in [0.3, 0.4) is 0 Å². The molecule has 0 bridgehead atoms. The third kappa shape index (κ3) is 3.86. The molecule has 0 spiro atoms. The maximum Gasteiger partial charge on any atom is 0.247 e. The quantitative estimate of drug-likeness (QED) is 0.683. The molecule has 19 heavy (non-hydrogen) atoms. The molecule has 0 fully saturated rings. The second-order valence-corrected chi connectivity index (χ2v) is 3.49. The molecule has 3 N–H and O–H groups in total. The average molecular weight is 257 g/mol. The summed E-state index contributed by atoms with van der Waals surface area (Å²) in [6.45, 7) is 0.302. The topological polar surface area (TPSA) is 112 Å². The minimum absolute atomic E-state index is 0.0212. The van der Waals surface area contributed by atoms with Crippen molar-refractivity contribution >= 4 is 11.7 Å². The van der Waals surface area contributed by atoms with Gasteiger partial charge < -0.3 is 11.1 Å². The summed E-state index contributed by atoms with van der Waals surface area (Å²) in [4.78, 5) is 15.7. The van der Waals surface area contributed by atoms with E-state index in [2.05, 4.69) is 37.7 Å². The van der Waals surface area contributed by atoms with Gasteiger partial charge in [0.15, 0.2) is 0 Å². The zero-order valence-corrected chi connectivity index (χ0v) is 9.95. The predicted molar refractivity (Wildman–Crippen MR) is 66.6 cm³/mol. The molecule has 2 heterocycles. The highest BCUT2D eigenvalue weighted by Gasteiger charge is 2.05. The van der Waals surface area contributed by atoms with Crippen LogP contribution in [0, 0.1) is 11.8 Å². The van der Waals surface area contributed by atoms with E-state index in [0.29, 0.717) is 5.82 Å². The Morgan fingerprint density at radius 3 is 3.16 bits per heavy atom. The summed E-state index contributed by atoms with van der Waals surface area (Å²) >= 11 is 0. The van der Waals surface area contributed by atoms with Crippen molar-refractivity contribution in [3.63, 3.8) is 0 Å². The van der Waals surface area contributed by atoms with Gasteiger partial charge in [-0.15, -0.1) is 5.10 Å². The van der Waals surface area contributed by atoms with Gasteiger partial charge in [0.2, 0.25) is 5.91 Å². The van der Waals surface area contributed by atoms with E-state index in [9.17, 15) is 4.79 Å². The molecule has 0 unspecified atom stereocenters. The monoisotopic (exact) mass is 257 g/mol. The van der Waals surface area contributed by atoms with Gasteiger partial charge in [-0.1, -0.05) is 11.8 Å². The second-order valence-electron chi connectivity index (χ2n) is 3.49. The maximum atomic E-state index is 11.7. The fraction of sp³-hybridized carbons (Fsp3) is 0.182. The first kappa shape index (κ1) is 12.7. The van der Waals surface area contributed by atoms with Crippen molar-refractivity contribution in [3.05, 3.63) is 30.2 Å². The second kappa shape index (κ2) is 6.23. The number of pyridine rings is 1. The van der Waals surface area contributed by atoms with Gasteiger partial charge in [-0.2, -0.15) is 0 Å². The van der Waals surface area contributed by atoms with E-state index in [1.54, 1.807) is 18.3 Å². The van der Waals surface area contributed by atoms with Crippen LogP contribution in [0.5, 0.6) is 0 Å². The number of anilines is 1. The number of carbonyl (C=O) groups is 1. The molecule has 0 saturated heterocycles. The maximum absolute atomic E-state index is 11.7. The lowest BCUT2D eigenvalue weighted by atomic mass is 10.2. The fourth-order valence-corrected chi connectivity index (χ4v) is 1.31. The number of aromatic nitrogens is 5. The number of nitrogens with one attached hydrogen (secondary N) is 1. The van der Waals surface area contributed by atoms with Gasteiger partial charge in [-0.3, -0.25) is 4.79 Å². The largest absolute Gasteiger partial charge is 0.320 e. The van der Waals surface area contributed by atoms with Gasteiger partial charge in [0, 0.05) is 11.8 Å². The highest BCUT2D eigenvalue weighted by molar-refractivity contribution is 5.89. The standard InChI is InChI=1S/C11H11N7O/c12-4-1-2-9-3-5-13-10(6-9)15-11(19)7-18-8-14-16-17-18/h3,5-6,8H,4,7,12H2,(H,13,15,19). The zero-order valence-electron chi connectivity index (χ0n) is 9.95. The zero-order chi connectivity index (χ0) is 13.5. The molecule has 8 heteroatoms. The van der Waals surface area contributed by atoms with Crippen LogP contribution >= 0.6 is 0 Å². The first-order valence-corrected chi connectivity index (χ1v) is 5.43. The summed E-state index contributed by atoms with van der Waals surface area (Å²) in [7, 11) is 0. The van der Waals surface area contributed by atoms with Gasteiger partial charge in [-0.05, 0) is 22.6 Å². The van der Waals surface area contributed by atoms with Crippen LogP contribution in [0.2, 0.25) is 0 Å². The molecule has 1 amide bonds. The number of carbonyl (C=O) groups excluding carboxylic acids is 1. The Kier molecular flexibility index (Phi) is 4.15. The third-order valence-electron chi connectivity index (χ3n) is 2.06. The molecule has 0 aliphatic rings. The summed E-state index contributed by atoms with van der Waals surface area (Å²) in [6.07, 6.45) is 2.92. The Morgan fingerprint density at radius 1 is 1.53 bits per heavy atom. The summed E-state index contributed by atoms with van der Waals surface area (Å²) in [5.41, 5.74) is 6.02. The molecular formula is C11H11N7O. The Labute approximate surface area is 109 Å². The molecule has 0 aromatic carbocycles. The van der Waals surface area contributed by atoms with Gasteiger partial charge in [0.25, 0.3) is 0 Å². The first-order valence-electron chi connectivity index (χ1n) is 5.43. The summed E-state index contributed by atoms with van der Waals surface area (Å²) in [6, 6.07) is 3.40. The number of nitrogens with zero attached hydrogens (tertiary/aromatic N) is 5. The molecule has 2 rings (SSSR count). The first-order chi connectivity index (χ1) is 9.28. The van der Waals surface area contributed by atoms with E-state index in [4.69, 9.17) is 5.73 Å². The van der Waals surface area contributed by atoms with Crippen molar-refractivity contribution < 1.29 is 4.79 Å². The third-order valence-corrected chi connectivity index (χ3v) is 2.06. The lowest BCUT2D eigenvalue weighted by molar-refractivity contribution is -0.116. The predicted octanol–water partition coefficient (Wildman–Crippen LogP) is -0.983. The molecule has 0 aliphatic carbocycles. The van der Waals surface area contributed by atoms with Gasteiger partial charge in [0.05, 0.1) is 6.54 Å². The summed E-state index contributed by atoms with van der Waals surface area (Å²) in [5.74, 6) is 5.73. The van der Waals surface area contributed by atoms with Crippen molar-refractivity contribution in [2.24, 2.45) is 5.73 Å². The molecule has 2 aromatic heterocycles. The summed E-state index contributed by atoms with van der Waals surface area (Å²) in [5, 5.41) is 13.1. The highest BCUT2D eigenvalue weighted by Crippen LogP contribution is 2.05. The Hall–Kier alpha value is -2.79. The van der Waals surface area contributed by atoms with Crippen molar-refractivity contribution in [2.45, 2.75) is 6.54 Å². The van der Waals surface area contributed by atoms with Crippen molar-refractivity contribution in [1.29, 1.82) is 0 Å². The van der Waals surface area contributed by atoms with Gasteiger partial charge in [0.1, 0.15) is 18.7 Å². The number of nitrogens with two attached hydrogens (primary N) is 1. The normalized spacial score (nSPS) is 9.53. The average Bonchev–Trinajstić information content (AvgIpc) is 2.89. The van der Waals surface area contributed by atoms with Crippen molar-refractivity contribution in [3.8, 4) is 11.8 Å². The molecule has 0 radical (unpaired) electrons. The highest BCUT2D eigenvalue weighted by atomic mass is 16.2. The van der Waals surface area contributed by atoms with Crippen LogP contribution in [0.15, 0.2) is 24.7 Å². The lowest BCUT2D eigenvalue weighted by Gasteiger charge is -2.03. The molecule has 8 nitrogen and oxygen atoms in total. The van der Waals surface area contributed by atoms with Gasteiger partial charge in [-0.25, -0.2) is 9.67 Å². The van der Waals surface area contributed by atoms with Crippen LogP contribution in [-0.4, -0.2) is 37.6 Å². The van der Waals surface area contributed by atoms with Crippen LogP contribution < -0.4 is 11.1 Å².